The molecule has 1 heterocycles. The van der Waals surface area contributed by atoms with Gasteiger partial charge in [-0.25, -0.2) is 8.42 Å². The number of carbonyl (C=O) groups excluding carboxylic acids is 1. The lowest BCUT2D eigenvalue weighted by atomic mass is 10.1. The second-order valence-electron chi connectivity index (χ2n) is 4.94. The molecule has 7 heteroatoms. The van der Waals surface area contributed by atoms with E-state index in [2.05, 4.69) is 15.9 Å². The Morgan fingerprint density at radius 2 is 1.80 bits per heavy atom. The summed E-state index contributed by atoms with van der Waals surface area (Å²) in [5, 5.41) is 0. The largest absolute Gasteiger partial charge is 0.336 e. The molecule has 20 heavy (non-hydrogen) atoms. The highest BCUT2D eigenvalue weighted by atomic mass is 79.9. The summed E-state index contributed by atoms with van der Waals surface area (Å²) in [5.74, 6) is -0.0648. The standard InChI is InChI=1S/C13H17BrN2O3S/c1-10-3-4-11(12(14)9-10)13(17)15-5-7-16(8-6-15)20(2,18)19/h3-4,9H,5-8H2,1-2H3. The molecule has 1 saturated heterocycles. The van der Waals surface area contributed by atoms with Crippen LogP contribution in [0.25, 0.3) is 0 Å². The maximum Gasteiger partial charge on any atom is 0.255 e. The Bertz CT molecular complexity index is 623. The molecule has 0 bridgehead atoms. The second kappa shape index (κ2) is 5.83. The first kappa shape index (κ1) is 15.5. The van der Waals surface area contributed by atoms with Crippen LogP contribution in [0.15, 0.2) is 22.7 Å². The Balaban J connectivity index is 2.09. The Morgan fingerprint density at radius 3 is 2.30 bits per heavy atom. The second-order valence-corrected chi connectivity index (χ2v) is 7.77. The predicted molar refractivity (Wildman–Crippen MR) is 81.2 cm³/mol. The van der Waals surface area contributed by atoms with Crippen molar-refractivity contribution in [3.63, 3.8) is 0 Å². The van der Waals surface area contributed by atoms with Gasteiger partial charge in [0.1, 0.15) is 0 Å². The van der Waals surface area contributed by atoms with Crippen molar-refractivity contribution in [2.24, 2.45) is 0 Å². The molecule has 0 N–H and O–H groups in total. The molecule has 0 spiro atoms. The maximum absolute atomic E-state index is 12.4. The highest BCUT2D eigenvalue weighted by Crippen LogP contribution is 2.21. The molecule has 1 aliphatic heterocycles. The van der Waals surface area contributed by atoms with Gasteiger partial charge in [0.2, 0.25) is 10.0 Å². The number of rotatable bonds is 2. The lowest BCUT2D eigenvalue weighted by Gasteiger charge is -2.33. The van der Waals surface area contributed by atoms with Gasteiger partial charge in [0.05, 0.1) is 11.8 Å². The van der Waals surface area contributed by atoms with E-state index in [1.54, 1.807) is 11.0 Å². The number of piperazine rings is 1. The summed E-state index contributed by atoms with van der Waals surface area (Å²) >= 11 is 3.40. The van der Waals surface area contributed by atoms with Crippen molar-refractivity contribution >= 4 is 31.9 Å². The lowest BCUT2D eigenvalue weighted by molar-refractivity contribution is 0.0697. The molecule has 0 unspecified atom stereocenters. The molecule has 1 fully saturated rings. The van der Waals surface area contributed by atoms with Gasteiger partial charge in [-0.3, -0.25) is 4.79 Å². The van der Waals surface area contributed by atoms with Gasteiger partial charge in [-0.2, -0.15) is 4.31 Å². The van der Waals surface area contributed by atoms with Crippen molar-refractivity contribution in [2.45, 2.75) is 6.92 Å². The lowest BCUT2D eigenvalue weighted by Crippen LogP contribution is -2.50. The third-order valence-corrected chi connectivity index (χ3v) is 5.31. The molecular formula is C13H17BrN2O3S. The molecule has 1 amide bonds. The van der Waals surface area contributed by atoms with E-state index in [0.717, 1.165) is 10.0 Å². The van der Waals surface area contributed by atoms with E-state index < -0.39 is 10.0 Å². The highest BCUT2D eigenvalue weighted by Gasteiger charge is 2.27. The molecule has 0 aromatic heterocycles. The van der Waals surface area contributed by atoms with Crippen molar-refractivity contribution in [3.05, 3.63) is 33.8 Å². The van der Waals surface area contributed by atoms with E-state index in [1.807, 2.05) is 19.1 Å². The van der Waals surface area contributed by atoms with Crippen LogP contribution in [-0.2, 0) is 10.0 Å². The molecule has 110 valence electrons. The zero-order valence-electron chi connectivity index (χ0n) is 11.5. The molecular weight excluding hydrogens is 344 g/mol. The van der Waals surface area contributed by atoms with Crippen LogP contribution in [-0.4, -0.2) is 56.0 Å². The number of hydrogen-bond acceptors (Lipinski definition) is 3. The minimum absolute atomic E-state index is 0.0648. The van der Waals surface area contributed by atoms with Crippen LogP contribution >= 0.6 is 15.9 Å². The zero-order valence-corrected chi connectivity index (χ0v) is 13.9. The van der Waals surface area contributed by atoms with Crippen LogP contribution in [0.5, 0.6) is 0 Å². The SMILES string of the molecule is Cc1ccc(C(=O)N2CCN(S(C)(=O)=O)CC2)c(Br)c1. The molecule has 0 saturated carbocycles. The molecule has 1 aromatic rings. The Kier molecular flexibility index (Phi) is 4.51. The van der Waals surface area contributed by atoms with Gasteiger partial charge in [-0.1, -0.05) is 6.07 Å². The number of carbonyl (C=O) groups is 1. The van der Waals surface area contributed by atoms with Crippen LogP contribution in [0.2, 0.25) is 0 Å². The first-order chi connectivity index (χ1) is 9.29. The summed E-state index contributed by atoms with van der Waals surface area (Å²) in [6.45, 7) is 3.52. The molecule has 5 nitrogen and oxygen atoms in total. The fraction of sp³-hybridized carbons (Fsp3) is 0.462. The zero-order chi connectivity index (χ0) is 14.9. The van der Waals surface area contributed by atoms with Gasteiger partial charge < -0.3 is 4.90 Å². The highest BCUT2D eigenvalue weighted by molar-refractivity contribution is 9.10. The Labute approximate surface area is 127 Å². The monoisotopic (exact) mass is 360 g/mol. The predicted octanol–water partition coefficient (Wildman–Crippen LogP) is 1.47. The minimum Gasteiger partial charge on any atom is -0.336 e. The van der Waals surface area contributed by atoms with Gasteiger partial charge in [0.15, 0.2) is 0 Å². The van der Waals surface area contributed by atoms with E-state index in [0.29, 0.717) is 31.7 Å². The van der Waals surface area contributed by atoms with E-state index in [1.165, 1.54) is 10.6 Å². The number of nitrogens with zero attached hydrogens (tertiary/aromatic N) is 2. The van der Waals surface area contributed by atoms with E-state index in [4.69, 9.17) is 0 Å². The Morgan fingerprint density at radius 1 is 1.20 bits per heavy atom. The maximum atomic E-state index is 12.4. The number of aryl methyl sites for hydroxylation is 1. The number of amides is 1. The van der Waals surface area contributed by atoms with Gasteiger partial charge in [-0.15, -0.1) is 0 Å². The average molecular weight is 361 g/mol. The van der Waals surface area contributed by atoms with Crippen LogP contribution in [0.4, 0.5) is 0 Å². The molecule has 2 rings (SSSR count). The number of benzene rings is 1. The van der Waals surface area contributed by atoms with Crippen molar-refractivity contribution < 1.29 is 13.2 Å². The molecule has 1 aromatic carbocycles. The van der Waals surface area contributed by atoms with Gasteiger partial charge in [-0.05, 0) is 40.5 Å². The minimum atomic E-state index is -3.17. The average Bonchev–Trinajstić information content (AvgIpc) is 2.37. The van der Waals surface area contributed by atoms with Gasteiger partial charge in [0.25, 0.3) is 5.91 Å². The quantitative estimate of drug-likeness (QED) is 0.802. The summed E-state index contributed by atoms with van der Waals surface area (Å²) in [7, 11) is -3.17. The van der Waals surface area contributed by atoms with Crippen molar-refractivity contribution in [2.75, 3.05) is 32.4 Å². The number of sulfonamides is 1. The topological polar surface area (TPSA) is 57.7 Å². The molecule has 1 aliphatic rings. The van der Waals surface area contributed by atoms with Crippen LogP contribution in [0.1, 0.15) is 15.9 Å². The molecule has 0 aliphatic carbocycles. The van der Waals surface area contributed by atoms with Crippen LogP contribution < -0.4 is 0 Å². The number of halogens is 1. The van der Waals surface area contributed by atoms with Crippen molar-refractivity contribution in [3.8, 4) is 0 Å². The fourth-order valence-electron chi connectivity index (χ4n) is 2.19. The molecule has 0 atom stereocenters. The van der Waals surface area contributed by atoms with E-state index in [9.17, 15) is 13.2 Å². The smallest absolute Gasteiger partial charge is 0.255 e. The summed E-state index contributed by atoms with van der Waals surface area (Å²) in [4.78, 5) is 14.1. The summed E-state index contributed by atoms with van der Waals surface area (Å²) < 4.78 is 25.1. The van der Waals surface area contributed by atoms with Crippen LogP contribution in [0, 0.1) is 6.92 Å². The Hall–Kier alpha value is -0.920. The van der Waals surface area contributed by atoms with Gasteiger partial charge in [0, 0.05) is 30.7 Å². The van der Waals surface area contributed by atoms with E-state index >= 15 is 0 Å². The third-order valence-electron chi connectivity index (χ3n) is 3.35. The fourth-order valence-corrected chi connectivity index (χ4v) is 3.68. The number of hydrogen-bond donors (Lipinski definition) is 0. The van der Waals surface area contributed by atoms with Crippen molar-refractivity contribution in [1.82, 2.24) is 9.21 Å². The first-order valence-electron chi connectivity index (χ1n) is 6.29. The summed E-state index contributed by atoms with van der Waals surface area (Å²) in [6, 6.07) is 5.59. The summed E-state index contributed by atoms with van der Waals surface area (Å²) in [5.41, 5.74) is 1.69. The normalized spacial score (nSPS) is 17.2. The molecule has 0 radical (unpaired) electrons. The van der Waals surface area contributed by atoms with Gasteiger partial charge >= 0.3 is 0 Å². The first-order valence-corrected chi connectivity index (χ1v) is 8.94. The van der Waals surface area contributed by atoms with Crippen LogP contribution in [0.3, 0.4) is 0 Å². The third kappa shape index (κ3) is 3.39. The summed E-state index contributed by atoms with van der Waals surface area (Å²) in [6.07, 6.45) is 1.20. The van der Waals surface area contributed by atoms with Crippen molar-refractivity contribution in [1.29, 1.82) is 0 Å². The van der Waals surface area contributed by atoms with E-state index in [-0.39, 0.29) is 5.91 Å².